The van der Waals surface area contributed by atoms with Crippen molar-refractivity contribution in [2.24, 2.45) is 0 Å². The molecule has 0 saturated carbocycles. The van der Waals surface area contributed by atoms with Crippen molar-refractivity contribution in [3.8, 4) is 0 Å². The van der Waals surface area contributed by atoms with E-state index in [1.54, 1.807) is 0 Å². The van der Waals surface area contributed by atoms with E-state index >= 15 is 0 Å². The molecule has 0 bridgehead atoms. The largest absolute Gasteiger partial charge is 0.344 e. The van der Waals surface area contributed by atoms with Crippen molar-refractivity contribution in [1.29, 1.82) is 0 Å². The van der Waals surface area contributed by atoms with Gasteiger partial charge in [-0.15, -0.1) is 0 Å². The van der Waals surface area contributed by atoms with E-state index in [4.69, 9.17) is 0 Å². The maximum Gasteiger partial charge on any atom is 0.0443 e. The van der Waals surface area contributed by atoms with Gasteiger partial charge in [-0.2, -0.15) is 0 Å². The Labute approximate surface area is 123 Å². The lowest BCUT2D eigenvalue weighted by Crippen LogP contribution is -2.10. The second-order valence-corrected chi connectivity index (χ2v) is 5.56. The van der Waals surface area contributed by atoms with Crippen molar-refractivity contribution >= 4 is 11.4 Å². The number of hydrogen-bond acceptors (Lipinski definition) is 1. The normalized spacial score (nSPS) is 16.4. The second-order valence-electron chi connectivity index (χ2n) is 5.56. The van der Waals surface area contributed by atoms with Crippen LogP contribution in [0.15, 0.2) is 48.5 Å². The van der Waals surface area contributed by atoms with Crippen LogP contribution in [0.2, 0.25) is 0 Å². The molecule has 0 N–H and O–H groups in total. The van der Waals surface area contributed by atoms with Gasteiger partial charge in [0.2, 0.25) is 0 Å². The molecule has 1 heteroatoms. The number of fused-ring (bicyclic) bond motifs is 2. The van der Waals surface area contributed by atoms with Crippen molar-refractivity contribution in [3.05, 3.63) is 59.7 Å². The zero-order chi connectivity index (χ0) is 14.5. The molecule has 0 aromatic heterocycles. The van der Waals surface area contributed by atoms with E-state index in [-0.39, 0.29) is 0 Å². The van der Waals surface area contributed by atoms with Crippen LogP contribution in [0.25, 0.3) is 0 Å². The lowest BCUT2D eigenvalue weighted by Gasteiger charge is -2.22. The zero-order valence-corrected chi connectivity index (χ0v) is 13.1. The summed E-state index contributed by atoms with van der Waals surface area (Å²) in [6.45, 7) is 6.56. The van der Waals surface area contributed by atoms with E-state index in [9.17, 15) is 0 Å². The Kier molecular flexibility index (Phi) is 4.84. The van der Waals surface area contributed by atoms with E-state index in [2.05, 4.69) is 81.2 Å². The summed E-state index contributed by atoms with van der Waals surface area (Å²) in [5.41, 5.74) is 5.57. The number of benzene rings is 2. The minimum atomic E-state index is 0.581. The van der Waals surface area contributed by atoms with Gasteiger partial charge in [-0.3, -0.25) is 0 Å². The summed E-state index contributed by atoms with van der Waals surface area (Å²) < 4.78 is 0. The third-order valence-corrected chi connectivity index (χ3v) is 3.71. The van der Waals surface area contributed by atoms with E-state index in [1.807, 2.05) is 0 Å². The molecule has 3 rings (SSSR count). The molecule has 2 aromatic carbocycles. The third-order valence-electron chi connectivity index (χ3n) is 3.71. The fourth-order valence-corrected chi connectivity index (χ4v) is 2.79. The first kappa shape index (κ1) is 14.6. The summed E-state index contributed by atoms with van der Waals surface area (Å²) in [6.07, 6.45) is 2.37. The summed E-state index contributed by atoms with van der Waals surface area (Å²) >= 11 is 0. The minimum Gasteiger partial charge on any atom is -0.344 e. The smallest absolute Gasteiger partial charge is 0.0443 e. The Balaban J connectivity index is 0.000000452. The maximum atomic E-state index is 2.31. The van der Waals surface area contributed by atoms with Crippen molar-refractivity contribution in [1.82, 2.24) is 0 Å². The Bertz CT molecular complexity index is 559. The van der Waals surface area contributed by atoms with Gasteiger partial charge in [-0.05, 0) is 35.6 Å². The highest BCUT2D eigenvalue weighted by Gasteiger charge is 2.21. The number of nitrogens with zero attached hydrogens (tertiary/aromatic N) is 1. The Morgan fingerprint density at radius 3 is 2.20 bits per heavy atom. The first-order chi connectivity index (χ1) is 9.69. The van der Waals surface area contributed by atoms with Crippen LogP contribution >= 0.6 is 0 Å². The molecule has 0 amide bonds. The lowest BCUT2D eigenvalue weighted by molar-refractivity contribution is 0.769. The number of anilines is 2. The van der Waals surface area contributed by atoms with Gasteiger partial charge in [-0.1, -0.05) is 63.6 Å². The highest BCUT2D eigenvalue weighted by atomic mass is 15.1. The SMILES string of the molecule is CC1Cc2ccccc2N(C)c2ccccc21.CCC. The molecule has 1 unspecified atom stereocenters. The van der Waals surface area contributed by atoms with E-state index in [1.165, 1.54) is 28.9 Å². The molecule has 0 spiro atoms. The summed E-state index contributed by atoms with van der Waals surface area (Å²) in [7, 11) is 2.16. The summed E-state index contributed by atoms with van der Waals surface area (Å²) in [5.74, 6) is 0.581. The topological polar surface area (TPSA) is 3.24 Å². The zero-order valence-electron chi connectivity index (χ0n) is 13.1. The molecule has 20 heavy (non-hydrogen) atoms. The van der Waals surface area contributed by atoms with Gasteiger partial charge >= 0.3 is 0 Å². The fraction of sp³-hybridized carbons (Fsp3) is 0.368. The van der Waals surface area contributed by atoms with Crippen LogP contribution < -0.4 is 4.90 Å². The van der Waals surface area contributed by atoms with Crippen LogP contribution in [0.3, 0.4) is 0 Å². The van der Waals surface area contributed by atoms with Crippen LogP contribution in [-0.4, -0.2) is 7.05 Å². The van der Waals surface area contributed by atoms with Gasteiger partial charge in [0.05, 0.1) is 0 Å². The van der Waals surface area contributed by atoms with Gasteiger partial charge < -0.3 is 4.90 Å². The van der Waals surface area contributed by atoms with Gasteiger partial charge in [-0.25, -0.2) is 0 Å². The van der Waals surface area contributed by atoms with Gasteiger partial charge in [0.15, 0.2) is 0 Å². The summed E-state index contributed by atoms with van der Waals surface area (Å²) in [4.78, 5) is 2.31. The molecule has 2 aromatic rings. The molecule has 106 valence electrons. The van der Waals surface area contributed by atoms with Crippen LogP contribution in [0.1, 0.15) is 44.2 Å². The van der Waals surface area contributed by atoms with Gasteiger partial charge in [0, 0.05) is 18.4 Å². The molecular formula is C19H25N. The Morgan fingerprint density at radius 1 is 0.950 bits per heavy atom. The first-order valence-electron chi connectivity index (χ1n) is 7.59. The van der Waals surface area contributed by atoms with Gasteiger partial charge in [0.1, 0.15) is 0 Å². The highest BCUT2D eigenvalue weighted by molar-refractivity contribution is 5.71. The Morgan fingerprint density at radius 2 is 1.50 bits per heavy atom. The van der Waals surface area contributed by atoms with E-state index in [0.29, 0.717) is 5.92 Å². The molecule has 1 nitrogen and oxygen atoms in total. The maximum absolute atomic E-state index is 2.31. The molecule has 0 radical (unpaired) electrons. The van der Waals surface area contributed by atoms with Gasteiger partial charge in [0.25, 0.3) is 0 Å². The predicted octanol–water partition coefficient (Wildman–Crippen LogP) is 5.53. The lowest BCUT2D eigenvalue weighted by atomic mass is 9.94. The third kappa shape index (κ3) is 2.87. The summed E-state index contributed by atoms with van der Waals surface area (Å²) in [6, 6.07) is 17.4. The standard InChI is InChI=1S/C16H17N.C3H8/c1-12-11-13-7-3-5-9-15(13)17(2)16-10-6-4-8-14(12)16;1-3-2/h3-10,12H,11H2,1-2H3;3H2,1-2H3. The van der Waals surface area contributed by atoms with Crippen molar-refractivity contribution in [3.63, 3.8) is 0 Å². The minimum absolute atomic E-state index is 0.581. The highest BCUT2D eigenvalue weighted by Crippen LogP contribution is 2.39. The van der Waals surface area contributed by atoms with Crippen LogP contribution in [0.4, 0.5) is 11.4 Å². The molecule has 0 fully saturated rings. The van der Waals surface area contributed by atoms with Crippen molar-refractivity contribution in [2.45, 2.75) is 39.5 Å². The van der Waals surface area contributed by atoms with Crippen LogP contribution in [0.5, 0.6) is 0 Å². The molecule has 1 atom stereocenters. The molecule has 0 saturated heterocycles. The summed E-state index contributed by atoms with van der Waals surface area (Å²) in [5, 5.41) is 0. The quantitative estimate of drug-likeness (QED) is 0.606. The molecule has 1 heterocycles. The average molecular weight is 267 g/mol. The molecular weight excluding hydrogens is 242 g/mol. The monoisotopic (exact) mass is 267 g/mol. The number of rotatable bonds is 0. The van der Waals surface area contributed by atoms with Crippen LogP contribution in [0, 0.1) is 0 Å². The number of para-hydroxylation sites is 2. The fourth-order valence-electron chi connectivity index (χ4n) is 2.79. The molecule has 1 aliphatic heterocycles. The Hall–Kier alpha value is -1.76. The molecule has 1 aliphatic rings. The average Bonchev–Trinajstić information content (AvgIpc) is 2.57. The first-order valence-corrected chi connectivity index (χ1v) is 7.59. The molecule has 0 aliphatic carbocycles. The van der Waals surface area contributed by atoms with E-state index in [0.717, 1.165) is 6.42 Å². The number of hydrogen-bond donors (Lipinski definition) is 0. The second kappa shape index (κ2) is 6.60. The van der Waals surface area contributed by atoms with Crippen LogP contribution in [-0.2, 0) is 6.42 Å². The van der Waals surface area contributed by atoms with Crippen molar-refractivity contribution in [2.75, 3.05) is 11.9 Å². The van der Waals surface area contributed by atoms with E-state index < -0.39 is 0 Å². The predicted molar refractivity (Wildman–Crippen MR) is 89.0 cm³/mol. The van der Waals surface area contributed by atoms with Crippen molar-refractivity contribution < 1.29 is 0 Å².